The van der Waals surface area contributed by atoms with Crippen molar-refractivity contribution in [2.75, 3.05) is 19.8 Å². The van der Waals surface area contributed by atoms with Crippen LogP contribution in [0.5, 0.6) is 5.75 Å². The van der Waals surface area contributed by atoms with Crippen molar-refractivity contribution in [1.82, 2.24) is 5.20 Å². The van der Waals surface area contributed by atoms with Gasteiger partial charge in [-0.05, 0) is 49.2 Å². The van der Waals surface area contributed by atoms with E-state index in [1.165, 1.54) is 30.5 Å². The molecule has 0 saturated carbocycles. The number of halogens is 2. The first-order chi connectivity index (χ1) is 13.9. The zero-order chi connectivity index (χ0) is 21.3. The molecular formula is C20H23F2N2O4P. The van der Waals surface area contributed by atoms with Crippen LogP contribution in [0.3, 0.4) is 0 Å². The van der Waals surface area contributed by atoms with E-state index in [-0.39, 0.29) is 31.4 Å². The first-order valence-corrected chi connectivity index (χ1v) is 10.5. The van der Waals surface area contributed by atoms with E-state index >= 15 is 0 Å². The zero-order valence-corrected chi connectivity index (χ0v) is 17.1. The topological polar surface area (TPSA) is 69.2 Å². The molecule has 0 atom stereocenters. The number of nitrogens with zero attached hydrogens (tertiary/aromatic N) is 1. The van der Waals surface area contributed by atoms with Crippen LogP contribution >= 0.6 is 7.75 Å². The van der Waals surface area contributed by atoms with Gasteiger partial charge in [-0.2, -0.15) is 5.10 Å². The van der Waals surface area contributed by atoms with Crippen molar-refractivity contribution < 1.29 is 27.1 Å². The average Bonchev–Trinajstić information content (AvgIpc) is 2.68. The first-order valence-electron chi connectivity index (χ1n) is 8.93. The Balaban J connectivity index is 2.11. The standard InChI is InChI=1S/C20H23F2N2O4P/c1-4-27-29(25,28-5-2)24-23-13-17-7-6-8-19(22)20(17)26-14-15(3)16-9-11-18(21)12-10-16/h6-13H,3-5,14H2,1-2H3,(H,24,25). The molecule has 0 aromatic heterocycles. The van der Waals surface area contributed by atoms with E-state index in [0.717, 1.165) is 0 Å². The number of hydrazone groups is 1. The molecule has 6 nitrogen and oxygen atoms in total. The Bertz CT molecular complexity index is 894. The number of benzene rings is 2. The Labute approximate surface area is 168 Å². The number of nitrogens with one attached hydrogen (secondary N) is 1. The van der Waals surface area contributed by atoms with Crippen molar-refractivity contribution in [3.05, 3.63) is 71.8 Å². The molecule has 1 N–H and O–H groups in total. The normalized spacial score (nSPS) is 11.6. The van der Waals surface area contributed by atoms with Gasteiger partial charge in [-0.25, -0.2) is 18.5 Å². The highest BCUT2D eigenvalue weighted by Gasteiger charge is 2.22. The van der Waals surface area contributed by atoms with Crippen LogP contribution in [0.25, 0.3) is 5.57 Å². The molecule has 2 aromatic carbocycles. The molecule has 0 radical (unpaired) electrons. The lowest BCUT2D eigenvalue weighted by molar-refractivity contribution is 0.211. The van der Waals surface area contributed by atoms with Gasteiger partial charge in [0.2, 0.25) is 0 Å². The molecule has 0 bridgehead atoms. The molecule has 0 unspecified atom stereocenters. The molecule has 2 aromatic rings. The summed E-state index contributed by atoms with van der Waals surface area (Å²) in [7, 11) is -3.59. The van der Waals surface area contributed by atoms with Gasteiger partial charge in [0.05, 0.1) is 19.4 Å². The second kappa shape index (κ2) is 10.9. The van der Waals surface area contributed by atoms with Crippen LogP contribution in [0.2, 0.25) is 0 Å². The van der Waals surface area contributed by atoms with Crippen molar-refractivity contribution >= 4 is 19.5 Å². The molecular weight excluding hydrogens is 401 g/mol. The van der Waals surface area contributed by atoms with Gasteiger partial charge in [0, 0.05) is 5.56 Å². The van der Waals surface area contributed by atoms with Gasteiger partial charge in [-0.1, -0.05) is 24.8 Å². The van der Waals surface area contributed by atoms with Gasteiger partial charge in [0.15, 0.2) is 11.6 Å². The number of ether oxygens (including phenoxy) is 1. The molecule has 0 aliphatic rings. The van der Waals surface area contributed by atoms with E-state index in [4.69, 9.17) is 13.8 Å². The maximum absolute atomic E-state index is 14.3. The monoisotopic (exact) mass is 424 g/mol. The summed E-state index contributed by atoms with van der Waals surface area (Å²) in [6, 6.07) is 10.1. The summed E-state index contributed by atoms with van der Waals surface area (Å²) in [5.41, 5.74) is 1.53. The van der Waals surface area contributed by atoms with Crippen LogP contribution in [0.4, 0.5) is 8.78 Å². The smallest absolute Gasteiger partial charge is 0.448 e. The van der Waals surface area contributed by atoms with Crippen molar-refractivity contribution in [2.45, 2.75) is 13.8 Å². The molecule has 0 saturated heterocycles. The maximum atomic E-state index is 14.3. The van der Waals surface area contributed by atoms with Gasteiger partial charge < -0.3 is 4.74 Å². The Morgan fingerprint density at radius 1 is 1.14 bits per heavy atom. The lowest BCUT2D eigenvalue weighted by Crippen LogP contribution is -2.10. The van der Waals surface area contributed by atoms with Crippen molar-refractivity contribution in [3.63, 3.8) is 0 Å². The van der Waals surface area contributed by atoms with Crippen LogP contribution in [-0.2, 0) is 13.6 Å². The van der Waals surface area contributed by atoms with Crippen LogP contribution < -0.4 is 9.93 Å². The maximum Gasteiger partial charge on any atom is 0.448 e. The number of para-hydroxylation sites is 1. The molecule has 0 aliphatic heterocycles. The minimum Gasteiger partial charge on any atom is -0.485 e. The van der Waals surface area contributed by atoms with Crippen LogP contribution in [-0.4, -0.2) is 26.0 Å². The fourth-order valence-electron chi connectivity index (χ4n) is 2.31. The number of hydrogen-bond acceptors (Lipinski definition) is 5. The third-order valence-corrected chi connectivity index (χ3v) is 5.18. The summed E-state index contributed by atoms with van der Waals surface area (Å²) in [6.07, 6.45) is 1.25. The summed E-state index contributed by atoms with van der Waals surface area (Å²) >= 11 is 0. The van der Waals surface area contributed by atoms with E-state index in [1.807, 2.05) is 0 Å². The van der Waals surface area contributed by atoms with Crippen molar-refractivity contribution in [1.29, 1.82) is 0 Å². The second-order valence-corrected chi connectivity index (χ2v) is 7.46. The highest BCUT2D eigenvalue weighted by molar-refractivity contribution is 7.51. The summed E-state index contributed by atoms with van der Waals surface area (Å²) in [4.78, 5) is 0. The molecule has 0 spiro atoms. The third-order valence-electron chi connectivity index (χ3n) is 3.62. The Morgan fingerprint density at radius 3 is 2.41 bits per heavy atom. The minimum atomic E-state index is -3.59. The van der Waals surface area contributed by atoms with E-state index < -0.39 is 13.6 Å². The van der Waals surface area contributed by atoms with Crippen molar-refractivity contribution in [2.24, 2.45) is 5.10 Å². The van der Waals surface area contributed by atoms with Crippen LogP contribution in [0, 0.1) is 11.6 Å². The van der Waals surface area contributed by atoms with E-state index in [1.54, 1.807) is 32.0 Å². The van der Waals surface area contributed by atoms with Crippen LogP contribution in [0.1, 0.15) is 25.0 Å². The number of hydrogen-bond donors (Lipinski definition) is 1. The molecule has 29 heavy (non-hydrogen) atoms. The first kappa shape index (κ1) is 22.7. The molecule has 0 amide bonds. The fourth-order valence-corrected chi connectivity index (χ4v) is 3.38. The predicted molar refractivity (Wildman–Crippen MR) is 109 cm³/mol. The number of rotatable bonds is 11. The Kier molecular flexibility index (Phi) is 8.51. The lowest BCUT2D eigenvalue weighted by Gasteiger charge is -2.15. The quantitative estimate of drug-likeness (QED) is 0.307. The molecule has 0 fully saturated rings. The molecule has 2 rings (SSSR count). The van der Waals surface area contributed by atoms with Crippen molar-refractivity contribution in [3.8, 4) is 5.75 Å². The largest absolute Gasteiger partial charge is 0.485 e. The summed E-state index contributed by atoms with van der Waals surface area (Å²) in [5, 5.41) is 6.19. The Hall–Kier alpha value is -2.54. The van der Waals surface area contributed by atoms with Gasteiger partial charge in [0.1, 0.15) is 12.4 Å². The Morgan fingerprint density at radius 2 is 1.79 bits per heavy atom. The fraction of sp³-hybridized carbons (Fsp3) is 0.250. The van der Waals surface area contributed by atoms with Gasteiger partial charge in [0.25, 0.3) is 0 Å². The van der Waals surface area contributed by atoms with Gasteiger partial charge in [-0.15, -0.1) is 0 Å². The SMILES string of the molecule is C=C(COc1c(F)cccc1C=NNP(=O)(OCC)OCC)c1ccc(F)cc1. The third kappa shape index (κ3) is 6.78. The van der Waals surface area contributed by atoms with Gasteiger partial charge in [-0.3, -0.25) is 9.05 Å². The highest BCUT2D eigenvalue weighted by Crippen LogP contribution is 2.43. The van der Waals surface area contributed by atoms with E-state index in [0.29, 0.717) is 16.7 Å². The summed E-state index contributed by atoms with van der Waals surface area (Å²) in [6.45, 7) is 7.53. The lowest BCUT2D eigenvalue weighted by atomic mass is 10.1. The molecule has 0 aliphatic carbocycles. The zero-order valence-electron chi connectivity index (χ0n) is 16.2. The highest BCUT2D eigenvalue weighted by atomic mass is 31.2. The molecule has 156 valence electrons. The summed E-state index contributed by atoms with van der Waals surface area (Å²) < 4.78 is 55.3. The van der Waals surface area contributed by atoms with Crippen LogP contribution in [0.15, 0.2) is 54.1 Å². The molecule has 9 heteroatoms. The van der Waals surface area contributed by atoms with Gasteiger partial charge >= 0.3 is 7.75 Å². The minimum absolute atomic E-state index is 0.0166. The predicted octanol–water partition coefficient (Wildman–Crippen LogP) is 5.16. The molecule has 0 heterocycles. The summed E-state index contributed by atoms with van der Waals surface area (Å²) in [5.74, 6) is -1.01. The van der Waals surface area contributed by atoms with E-state index in [9.17, 15) is 13.3 Å². The average molecular weight is 424 g/mol. The van der Waals surface area contributed by atoms with E-state index in [2.05, 4.69) is 16.9 Å². The second-order valence-electron chi connectivity index (χ2n) is 5.75.